The molecule has 0 bridgehead atoms. The Morgan fingerprint density at radius 2 is 1.21 bits per heavy atom. The van der Waals surface area contributed by atoms with Crippen molar-refractivity contribution in [2.75, 3.05) is 0 Å². The molecule has 0 atom stereocenters. The van der Waals surface area contributed by atoms with Crippen molar-refractivity contribution in [2.24, 2.45) is 0 Å². The zero-order valence-corrected chi connectivity index (χ0v) is 15.1. The molecule has 4 aromatic rings. The molecule has 4 rings (SSSR count). The Bertz CT molecular complexity index is 881. The lowest BCUT2D eigenvalue weighted by Crippen LogP contribution is -1.76. The zero-order valence-electron chi connectivity index (χ0n) is 13.4. The van der Waals surface area contributed by atoms with Gasteiger partial charge in [0, 0.05) is 10.2 Å². The third kappa shape index (κ3) is 3.06. The van der Waals surface area contributed by atoms with Gasteiger partial charge in [0.1, 0.15) is 0 Å². The third-order valence-corrected chi connectivity index (χ3v) is 6.95. The van der Waals surface area contributed by atoms with Gasteiger partial charge >= 0.3 is 0 Å². The highest BCUT2D eigenvalue weighted by Crippen LogP contribution is 2.50. The fourth-order valence-electron chi connectivity index (χ4n) is 2.72. The van der Waals surface area contributed by atoms with Crippen molar-refractivity contribution in [1.82, 2.24) is 0 Å². The minimum absolute atomic E-state index is 1.30. The van der Waals surface area contributed by atoms with Gasteiger partial charge in [0.25, 0.3) is 0 Å². The second-order valence-electron chi connectivity index (χ2n) is 5.79. The van der Waals surface area contributed by atoms with E-state index in [1.165, 1.54) is 45.2 Å². The first-order chi connectivity index (χ1) is 11.8. The highest BCUT2D eigenvalue weighted by atomic mass is 32.1. The summed E-state index contributed by atoms with van der Waals surface area (Å²) in [5.41, 5.74) is 5.24. The zero-order chi connectivity index (χ0) is 16.4. The summed E-state index contributed by atoms with van der Waals surface area (Å²) in [6.45, 7) is 2.14. The maximum atomic E-state index is 2.24. The Balaban J connectivity index is 1.89. The summed E-state index contributed by atoms with van der Waals surface area (Å²) in [6.07, 6.45) is 0. The lowest BCUT2D eigenvalue weighted by molar-refractivity contribution is 1.48. The van der Waals surface area contributed by atoms with Crippen LogP contribution in [0.2, 0.25) is 0 Å². The molecule has 0 fully saturated rings. The predicted molar refractivity (Wildman–Crippen MR) is 108 cm³/mol. The van der Waals surface area contributed by atoms with Crippen LogP contribution in [0.5, 0.6) is 0 Å². The van der Waals surface area contributed by atoms with E-state index in [-0.39, 0.29) is 0 Å². The summed E-state index contributed by atoms with van der Waals surface area (Å²) in [5, 5.41) is 1.40. The van der Waals surface area contributed by atoms with Crippen molar-refractivity contribution in [3.05, 3.63) is 90.5 Å². The van der Waals surface area contributed by atoms with Gasteiger partial charge in [0.05, 0.1) is 4.61 Å². The van der Waals surface area contributed by atoms with E-state index < -0.39 is 0 Å². The van der Waals surface area contributed by atoms with Crippen LogP contribution in [-0.4, -0.2) is 0 Å². The van der Waals surface area contributed by atoms with Crippen LogP contribution in [0, 0.1) is 6.92 Å². The van der Waals surface area contributed by atoms with Crippen LogP contribution in [0.3, 0.4) is 0 Å². The monoisotopic (exact) mass is 344 g/mol. The minimum atomic E-state index is 1.30. The molecule has 0 amide bonds. The highest BCUT2D eigenvalue weighted by molar-refractivity contribution is 7.51. The highest BCUT2D eigenvalue weighted by Gasteiger charge is 2.14. The first kappa shape index (κ1) is 15.3. The summed E-state index contributed by atoms with van der Waals surface area (Å²) in [4.78, 5) is 1.37. The van der Waals surface area contributed by atoms with Gasteiger partial charge in [-0.05, 0) is 31.8 Å². The average Bonchev–Trinajstić information content (AvgIpc) is 3.09. The molecule has 0 N–H and O–H groups in total. The molecule has 0 radical (unpaired) electrons. The van der Waals surface area contributed by atoms with Crippen molar-refractivity contribution in [3.8, 4) is 31.5 Å². The summed E-state index contributed by atoms with van der Waals surface area (Å²) in [7, 11) is 1.30. The maximum Gasteiger partial charge on any atom is 0.0626 e. The van der Waals surface area contributed by atoms with E-state index in [9.17, 15) is 0 Å². The van der Waals surface area contributed by atoms with Crippen LogP contribution >= 0.6 is 19.5 Å². The molecule has 0 spiro atoms. The number of hydrogen-bond acceptors (Lipinski definition) is 1. The standard InChI is InChI=1S/C22H17PS/c1-16-12-14-19(15-13-16)22-23-20(17-8-4-2-5-9-17)21(24-22)18-10-6-3-7-11-18/h2-15H,1H3. The van der Waals surface area contributed by atoms with E-state index in [1.807, 2.05) is 11.3 Å². The van der Waals surface area contributed by atoms with E-state index in [0.29, 0.717) is 0 Å². The molecule has 3 aromatic carbocycles. The molecule has 2 heteroatoms. The first-order valence-electron chi connectivity index (χ1n) is 8.00. The first-order valence-corrected chi connectivity index (χ1v) is 9.71. The van der Waals surface area contributed by atoms with E-state index >= 15 is 0 Å². The molecule has 0 aliphatic heterocycles. The van der Waals surface area contributed by atoms with Crippen LogP contribution < -0.4 is 0 Å². The van der Waals surface area contributed by atoms with Gasteiger partial charge in [-0.1, -0.05) is 90.5 Å². The molecular weight excluding hydrogens is 327 g/mol. The van der Waals surface area contributed by atoms with Crippen molar-refractivity contribution >= 4 is 19.5 Å². The van der Waals surface area contributed by atoms with E-state index in [2.05, 4.69) is 91.9 Å². The van der Waals surface area contributed by atoms with Crippen LogP contribution in [0.4, 0.5) is 0 Å². The Labute approximate surface area is 148 Å². The molecule has 0 aliphatic rings. The lowest BCUT2D eigenvalue weighted by Gasteiger charge is -2.03. The number of rotatable bonds is 3. The molecule has 0 aliphatic carbocycles. The Morgan fingerprint density at radius 1 is 0.625 bits per heavy atom. The van der Waals surface area contributed by atoms with Gasteiger partial charge in [-0.25, -0.2) is 0 Å². The summed E-state index contributed by atoms with van der Waals surface area (Å²) < 4.78 is 1.41. The topological polar surface area (TPSA) is 0 Å². The van der Waals surface area contributed by atoms with Gasteiger partial charge < -0.3 is 0 Å². The predicted octanol–water partition coefficient (Wildman–Crippen LogP) is 7.64. The van der Waals surface area contributed by atoms with Crippen molar-refractivity contribution < 1.29 is 0 Å². The fourth-order valence-corrected chi connectivity index (χ4v) is 5.63. The molecule has 0 unspecified atom stereocenters. The quantitative estimate of drug-likeness (QED) is 0.358. The number of benzene rings is 3. The molecule has 0 saturated heterocycles. The average molecular weight is 344 g/mol. The van der Waals surface area contributed by atoms with Gasteiger partial charge in [0.2, 0.25) is 0 Å². The second kappa shape index (κ2) is 6.73. The molecule has 24 heavy (non-hydrogen) atoms. The summed E-state index contributed by atoms with van der Waals surface area (Å²) in [6, 6.07) is 30.3. The van der Waals surface area contributed by atoms with Gasteiger partial charge in [-0.3, -0.25) is 0 Å². The molecular formula is C22H17PS. The molecule has 0 nitrogen and oxygen atoms in total. The normalized spacial score (nSPS) is 11.0. The number of aryl methyl sites for hydroxylation is 1. The van der Waals surface area contributed by atoms with E-state index in [4.69, 9.17) is 0 Å². The summed E-state index contributed by atoms with van der Waals surface area (Å²) >= 11 is 1.91. The van der Waals surface area contributed by atoms with Gasteiger partial charge in [0.15, 0.2) is 0 Å². The molecule has 1 heterocycles. The largest absolute Gasteiger partial charge is 0.129 e. The minimum Gasteiger partial charge on any atom is -0.129 e. The molecule has 0 saturated carbocycles. The van der Waals surface area contributed by atoms with Crippen molar-refractivity contribution in [2.45, 2.75) is 6.92 Å². The number of hydrogen-bond donors (Lipinski definition) is 0. The maximum absolute atomic E-state index is 2.24. The third-order valence-electron chi connectivity index (χ3n) is 4.01. The van der Waals surface area contributed by atoms with Crippen LogP contribution in [0.1, 0.15) is 5.56 Å². The second-order valence-corrected chi connectivity index (χ2v) is 8.24. The fraction of sp³-hybridized carbons (Fsp3) is 0.0455. The van der Waals surface area contributed by atoms with Crippen LogP contribution in [-0.2, 0) is 0 Å². The van der Waals surface area contributed by atoms with Gasteiger partial charge in [-0.2, -0.15) is 0 Å². The van der Waals surface area contributed by atoms with Crippen LogP contribution in [0.25, 0.3) is 31.5 Å². The van der Waals surface area contributed by atoms with E-state index in [1.54, 1.807) is 0 Å². The Morgan fingerprint density at radius 3 is 1.83 bits per heavy atom. The van der Waals surface area contributed by atoms with Gasteiger partial charge in [-0.15, -0.1) is 11.3 Å². The Hall–Kier alpha value is -2.21. The summed E-state index contributed by atoms with van der Waals surface area (Å²) in [5.74, 6) is 0. The van der Waals surface area contributed by atoms with E-state index in [0.717, 1.165) is 0 Å². The SMILES string of the molecule is Cc1ccc(-c2pc(-c3ccccc3)c(-c3ccccc3)s2)cc1. The lowest BCUT2D eigenvalue weighted by atomic mass is 10.1. The van der Waals surface area contributed by atoms with Crippen LogP contribution in [0.15, 0.2) is 84.9 Å². The molecule has 1 aromatic heterocycles. The molecule has 116 valence electrons. The smallest absolute Gasteiger partial charge is 0.0626 e. The van der Waals surface area contributed by atoms with Crippen molar-refractivity contribution in [3.63, 3.8) is 0 Å². The Kier molecular flexibility index (Phi) is 4.30. The van der Waals surface area contributed by atoms with Crippen molar-refractivity contribution in [1.29, 1.82) is 0 Å².